The minimum Gasteiger partial charge on any atom is -0.417 e. The molecule has 0 amide bonds. The highest BCUT2D eigenvalue weighted by molar-refractivity contribution is 7.98. The molecule has 1 aliphatic carbocycles. The van der Waals surface area contributed by atoms with Gasteiger partial charge in [0, 0.05) is 17.5 Å². The summed E-state index contributed by atoms with van der Waals surface area (Å²) in [5.41, 5.74) is 0.877. The van der Waals surface area contributed by atoms with Gasteiger partial charge in [0.15, 0.2) is 0 Å². The maximum Gasteiger partial charge on any atom is 0.399 e. The maximum absolute atomic E-state index is 5.57. The van der Waals surface area contributed by atoms with Gasteiger partial charge in [-0.25, -0.2) is 0 Å². The highest BCUT2D eigenvalue weighted by Crippen LogP contribution is 2.24. The summed E-state index contributed by atoms with van der Waals surface area (Å²) in [6, 6.07) is 8.52. The second-order valence-electron chi connectivity index (χ2n) is 4.54. The Labute approximate surface area is 116 Å². The number of thioether (sulfide) groups is 1. The lowest BCUT2D eigenvalue weighted by molar-refractivity contribution is 0.330. The zero-order valence-corrected chi connectivity index (χ0v) is 11.6. The quantitative estimate of drug-likeness (QED) is 0.819. The van der Waals surface area contributed by atoms with Gasteiger partial charge in [-0.05, 0) is 43.4 Å². The Hall–Kier alpha value is -1.46. The summed E-state index contributed by atoms with van der Waals surface area (Å²) in [7, 11) is 0. The molecule has 100 valence electrons. The van der Waals surface area contributed by atoms with Crippen LogP contribution in [0.3, 0.4) is 0 Å². The van der Waals surface area contributed by atoms with Gasteiger partial charge in [0.1, 0.15) is 12.0 Å². The zero-order valence-electron chi connectivity index (χ0n) is 10.8. The van der Waals surface area contributed by atoms with Crippen LogP contribution in [0.15, 0.2) is 39.8 Å². The van der Waals surface area contributed by atoms with E-state index in [-0.39, 0.29) is 0 Å². The molecule has 0 unspecified atom stereocenters. The third-order valence-electron chi connectivity index (χ3n) is 2.94. The van der Waals surface area contributed by atoms with E-state index in [1.165, 1.54) is 17.7 Å². The largest absolute Gasteiger partial charge is 0.417 e. The summed E-state index contributed by atoms with van der Waals surface area (Å²) < 4.78 is 10.9. The molecule has 5 heteroatoms. The number of hydrogen-bond acceptors (Lipinski definition) is 5. The first-order valence-electron chi connectivity index (χ1n) is 6.33. The van der Waals surface area contributed by atoms with Crippen molar-refractivity contribution in [2.45, 2.75) is 30.3 Å². The van der Waals surface area contributed by atoms with Gasteiger partial charge in [0.05, 0.1) is 5.69 Å². The molecule has 1 N–H and O–H groups in total. The fraction of sp³-hybridized carbons (Fsp3) is 0.357. The average molecular weight is 276 g/mol. The molecular weight excluding hydrogens is 260 g/mol. The third kappa shape index (κ3) is 3.52. The molecule has 1 fully saturated rings. The number of ether oxygens (including phenoxy) is 1. The van der Waals surface area contributed by atoms with Crippen molar-refractivity contribution in [3.63, 3.8) is 0 Å². The lowest BCUT2D eigenvalue weighted by Gasteiger charge is -2.01. The van der Waals surface area contributed by atoms with Gasteiger partial charge in [-0.3, -0.25) is 0 Å². The van der Waals surface area contributed by atoms with Gasteiger partial charge in [0.2, 0.25) is 0 Å². The number of oxazole rings is 1. The van der Waals surface area contributed by atoms with Crippen molar-refractivity contribution in [2.75, 3.05) is 6.26 Å². The van der Waals surface area contributed by atoms with E-state index >= 15 is 0 Å². The molecule has 1 aromatic heterocycles. The SMILES string of the molecule is CSc1ccc(Oc2nc(CNC3CC3)co2)cc1. The first-order valence-corrected chi connectivity index (χ1v) is 7.55. The number of rotatable bonds is 6. The Morgan fingerprint density at radius 3 is 2.84 bits per heavy atom. The number of hydrogen-bond donors (Lipinski definition) is 1. The lowest BCUT2D eigenvalue weighted by atomic mass is 10.3. The maximum atomic E-state index is 5.57. The van der Waals surface area contributed by atoms with Gasteiger partial charge >= 0.3 is 6.08 Å². The van der Waals surface area contributed by atoms with Crippen LogP contribution >= 0.6 is 11.8 Å². The molecular formula is C14H16N2O2S. The fourth-order valence-corrected chi connectivity index (χ4v) is 2.11. The molecule has 4 nitrogen and oxygen atoms in total. The number of benzene rings is 1. The van der Waals surface area contributed by atoms with E-state index in [1.807, 2.05) is 30.5 Å². The first kappa shape index (κ1) is 12.6. The van der Waals surface area contributed by atoms with Gasteiger partial charge in [-0.15, -0.1) is 11.8 Å². The average Bonchev–Trinajstić information content (AvgIpc) is 3.17. The van der Waals surface area contributed by atoms with Crippen molar-refractivity contribution in [1.29, 1.82) is 0 Å². The van der Waals surface area contributed by atoms with Crippen LogP contribution in [0.5, 0.6) is 11.8 Å². The highest BCUT2D eigenvalue weighted by Gasteiger charge is 2.20. The molecule has 2 aromatic rings. The van der Waals surface area contributed by atoms with Gasteiger partial charge in [-0.1, -0.05) is 0 Å². The highest BCUT2D eigenvalue weighted by atomic mass is 32.2. The number of aromatic nitrogens is 1. The van der Waals surface area contributed by atoms with Crippen molar-refractivity contribution in [3.05, 3.63) is 36.2 Å². The molecule has 0 spiro atoms. The monoisotopic (exact) mass is 276 g/mol. The minimum atomic E-state index is 0.296. The predicted octanol–water partition coefficient (Wildman–Crippen LogP) is 3.44. The van der Waals surface area contributed by atoms with Crippen LogP contribution in [0, 0.1) is 0 Å². The Morgan fingerprint density at radius 2 is 2.16 bits per heavy atom. The normalized spacial score (nSPS) is 14.6. The summed E-state index contributed by atoms with van der Waals surface area (Å²) in [5, 5.41) is 3.38. The molecule has 0 saturated heterocycles. The van der Waals surface area contributed by atoms with E-state index in [1.54, 1.807) is 18.0 Å². The first-order chi connectivity index (χ1) is 9.33. The van der Waals surface area contributed by atoms with Crippen molar-refractivity contribution in [3.8, 4) is 11.8 Å². The van der Waals surface area contributed by atoms with Gasteiger partial charge in [0.25, 0.3) is 0 Å². The summed E-state index contributed by atoms with van der Waals surface area (Å²) >= 11 is 1.70. The van der Waals surface area contributed by atoms with Crippen LogP contribution < -0.4 is 10.1 Å². The van der Waals surface area contributed by atoms with E-state index in [2.05, 4.69) is 10.3 Å². The number of nitrogens with one attached hydrogen (secondary N) is 1. The molecule has 3 rings (SSSR count). The van der Waals surface area contributed by atoms with Crippen molar-refractivity contribution >= 4 is 11.8 Å². The fourth-order valence-electron chi connectivity index (χ4n) is 1.70. The molecule has 1 aliphatic rings. The van der Waals surface area contributed by atoms with Gasteiger partial charge in [-0.2, -0.15) is 4.98 Å². The van der Waals surface area contributed by atoms with Crippen LogP contribution in [0.25, 0.3) is 0 Å². The molecule has 0 atom stereocenters. The molecule has 0 bridgehead atoms. The van der Waals surface area contributed by atoms with Crippen LogP contribution in [0.4, 0.5) is 0 Å². The summed E-state index contributed by atoms with van der Waals surface area (Å²) in [6.45, 7) is 0.739. The molecule has 1 aromatic carbocycles. The lowest BCUT2D eigenvalue weighted by Crippen LogP contribution is -2.15. The van der Waals surface area contributed by atoms with Crippen LogP contribution in [-0.4, -0.2) is 17.3 Å². The summed E-state index contributed by atoms with van der Waals surface area (Å²) in [6.07, 6.45) is 6.51. The van der Waals surface area contributed by atoms with Crippen LogP contribution in [0.2, 0.25) is 0 Å². The Balaban J connectivity index is 1.58. The van der Waals surface area contributed by atoms with Gasteiger partial charge < -0.3 is 14.5 Å². The Kier molecular flexibility index (Phi) is 3.75. The summed E-state index contributed by atoms with van der Waals surface area (Å²) in [4.78, 5) is 5.49. The van der Waals surface area contributed by atoms with E-state index in [0.717, 1.165) is 18.0 Å². The topological polar surface area (TPSA) is 47.3 Å². The molecule has 0 aliphatic heterocycles. The van der Waals surface area contributed by atoms with E-state index in [9.17, 15) is 0 Å². The second-order valence-corrected chi connectivity index (χ2v) is 5.42. The molecule has 1 saturated carbocycles. The molecule has 19 heavy (non-hydrogen) atoms. The Bertz CT molecular complexity index is 535. The Morgan fingerprint density at radius 1 is 1.37 bits per heavy atom. The second kappa shape index (κ2) is 5.67. The van der Waals surface area contributed by atoms with Crippen molar-refractivity contribution in [2.24, 2.45) is 0 Å². The van der Waals surface area contributed by atoms with Crippen molar-refractivity contribution < 1.29 is 9.15 Å². The predicted molar refractivity (Wildman–Crippen MR) is 74.7 cm³/mol. The van der Waals surface area contributed by atoms with Crippen LogP contribution in [-0.2, 0) is 6.54 Å². The molecule has 1 heterocycles. The summed E-state index contributed by atoms with van der Waals surface area (Å²) in [5.74, 6) is 0.737. The van der Waals surface area contributed by atoms with E-state index in [4.69, 9.17) is 9.15 Å². The standard InChI is InChI=1S/C14H16N2O2S/c1-19-13-6-4-12(5-7-13)18-14-16-11(9-17-14)8-15-10-2-3-10/h4-7,9-10,15H,2-3,8H2,1H3. The zero-order chi connectivity index (χ0) is 13.1. The molecule has 0 radical (unpaired) electrons. The minimum absolute atomic E-state index is 0.296. The van der Waals surface area contributed by atoms with E-state index in [0.29, 0.717) is 12.1 Å². The van der Waals surface area contributed by atoms with Crippen LogP contribution in [0.1, 0.15) is 18.5 Å². The smallest absolute Gasteiger partial charge is 0.399 e. The number of nitrogens with zero attached hydrogens (tertiary/aromatic N) is 1. The van der Waals surface area contributed by atoms with Crippen molar-refractivity contribution in [1.82, 2.24) is 10.3 Å². The van der Waals surface area contributed by atoms with E-state index < -0.39 is 0 Å². The third-order valence-corrected chi connectivity index (χ3v) is 3.69.